The summed E-state index contributed by atoms with van der Waals surface area (Å²) in [6.45, 7) is 0. The second-order valence-electron chi connectivity index (χ2n) is 13.0. The van der Waals surface area contributed by atoms with Gasteiger partial charge in [0.15, 0.2) is 5.58 Å². The van der Waals surface area contributed by atoms with Crippen LogP contribution in [0.25, 0.3) is 53.2 Å². The van der Waals surface area contributed by atoms with Crippen LogP contribution in [-0.2, 0) is 0 Å². The lowest BCUT2D eigenvalue weighted by molar-refractivity contribution is 0.669. The summed E-state index contributed by atoms with van der Waals surface area (Å²) in [5.41, 5.74) is 10.4. The van der Waals surface area contributed by atoms with Crippen LogP contribution in [0.3, 0.4) is 0 Å². The van der Waals surface area contributed by atoms with Gasteiger partial charge < -0.3 is 14.2 Å². The third-order valence-corrected chi connectivity index (χ3v) is 11.0. The zero-order valence-corrected chi connectivity index (χ0v) is 29.0. The third-order valence-electron chi connectivity index (χ3n) is 9.82. The molecule has 0 amide bonds. The molecule has 10 aromatic rings. The Labute approximate surface area is 305 Å². The van der Waals surface area contributed by atoms with Gasteiger partial charge in [0.25, 0.3) is 0 Å². The van der Waals surface area contributed by atoms with Crippen LogP contribution in [-0.4, -0.2) is 0 Å². The SMILES string of the molecule is c1ccc(N(c2ccccc2)c2cc(N(c3ccccc3)c3ccc(-c4ccc5c(c4)sc4ccccc45)cc3)c3oc4ccccc4c3c2)cc1. The third kappa shape index (κ3) is 5.20. The number of thiophene rings is 1. The fourth-order valence-corrected chi connectivity index (χ4v) is 8.55. The maximum Gasteiger partial charge on any atom is 0.159 e. The molecule has 0 atom stereocenters. The number of nitrogens with zero attached hydrogens (tertiary/aromatic N) is 2. The van der Waals surface area contributed by atoms with E-state index >= 15 is 0 Å². The Bertz CT molecular complexity index is 2800. The van der Waals surface area contributed by atoms with E-state index in [4.69, 9.17) is 4.42 Å². The fourth-order valence-electron chi connectivity index (χ4n) is 7.40. The smallest absolute Gasteiger partial charge is 0.159 e. The normalized spacial score (nSPS) is 11.5. The molecule has 0 aliphatic rings. The topological polar surface area (TPSA) is 19.6 Å². The molecule has 0 fully saturated rings. The Morgan fingerprint density at radius 3 is 1.58 bits per heavy atom. The van der Waals surface area contributed by atoms with Crippen LogP contribution in [0.1, 0.15) is 0 Å². The van der Waals surface area contributed by atoms with Crippen LogP contribution in [0.5, 0.6) is 0 Å². The summed E-state index contributed by atoms with van der Waals surface area (Å²) in [6, 6.07) is 69.0. The van der Waals surface area contributed by atoms with E-state index in [-0.39, 0.29) is 0 Å². The number of fused-ring (bicyclic) bond motifs is 6. The van der Waals surface area contributed by atoms with Crippen LogP contribution in [0, 0.1) is 0 Å². The maximum atomic E-state index is 6.75. The first kappa shape index (κ1) is 30.2. The zero-order valence-electron chi connectivity index (χ0n) is 28.2. The first-order chi connectivity index (χ1) is 25.8. The van der Waals surface area contributed by atoms with Gasteiger partial charge in [-0.15, -0.1) is 11.3 Å². The maximum absolute atomic E-state index is 6.75. The molecule has 0 N–H and O–H groups in total. The molecule has 8 aromatic carbocycles. The molecule has 4 heteroatoms. The number of para-hydroxylation sites is 4. The Balaban J connectivity index is 1.17. The molecule has 0 spiro atoms. The Morgan fingerprint density at radius 2 is 0.885 bits per heavy atom. The molecule has 0 aliphatic carbocycles. The van der Waals surface area contributed by atoms with Crippen molar-refractivity contribution in [1.82, 2.24) is 0 Å². The largest absolute Gasteiger partial charge is 0.454 e. The summed E-state index contributed by atoms with van der Waals surface area (Å²) in [5, 5.41) is 4.78. The van der Waals surface area contributed by atoms with Crippen molar-refractivity contribution in [2.45, 2.75) is 0 Å². The fraction of sp³-hybridized carbons (Fsp3) is 0. The van der Waals surface area contributed by atoms with Crippen LogP contribution in [0.2, 0.25) is 0 Å². The number of hydrogen-bond donors (Lipinski definition) is 0. The standard InChI is InChI=1S/C48H32N2OS/c1-4-14-35(15-5-1)49(36-16-6-2-7-17-36)39-31-43-40-20-10-12-22-45(40)51-48(43)44(32-39)50(37-18-8-3-9-19-37)38-27-24-33(25-28-38)34-26-29-42-41-21-11-13-23-46(41)52-47(42)30-34/h1-32H. The van der Waals surface area contributed by atoms with Crippen LogP contribution in [0.15, 0.2) is 199 Å². The molecule has 0 unspecified atom stereocenters. The van der Waals surface area contributed by atoms with E-state index in [2.05, 4.69) is 198 Å². The summed E-state index contributed by atoms with van der Waals surface area (Å²) in [6.07, 6.45) is 0. The number of rotatable bonds is 7. The van der Waals surface area contributed by atoms with Gasteiger partial charge in [-0.25, -0.2) is 0 Å². The van der Waals surface area contributed by atoms with Crippen molar-refractivity contribution in [1.29, 1.82) is 0 Å². The Morgan fingerprint density at radius 1 is 0.346 bits per heavy atom. The predicted octanol–water partition coefficient (Wildman–Crippen LogP) is 14.6. The molecule has 0 aliphatic heterocycles. The lowest BCUT2D eigenvalue weighted by Gasteiger charge is -2.29. The summed E-state index contributed by atoms with van der Waals surface area (Å²) >= 11 is 1.85. The Hall–Kier alpha value is -6.62. The second-order valence-corrected chi connectivity index (χ2v) is 14.1. The molecule has 2 aromatic heterocycles. The van der Waals surface area contributed by atoms with Crippen LogP contribution >= 0.6 is 11.3 Å². The molecule has 2 heterocycles. The minimum absolute atomic E-state index is 0.842. The molecule has 246 valence electrons. The number of benzene rings is 8. The van der Waals surface area contributed by atoms with Gasteiger partial charge >= 0.3 is 0 Å². The van der Waals surface area contributed by atoms with E-state index in [1.54, 1.807) is 0 Å². The highest BCUT2D eigenvalue weighted by Gasteiger charge is 2.23. The van der Waals surface area contributed by atoms with Crippen molar-refractivity contribution in [3.63, 3.8) is 0 Å². The minimum atomic E-state index is 0.842. The van der Waals surface area contributed by atoms with E-state index < -0.39 is 0 Å². The monoisotopic (exact) mass is 684 g/mol. The summed E-state index contributed by atoms with van der Waals surface area (Å²) in [4.78, 5) is 4.64. The van der Waals surface area contributed by atoms with Gasteiger partial charge in [0.2, 0.25) is 0 Å². The second kappa shape index (κ2) is 12.6. The van der Waals surface area contributed by atoms with Crippen molar-refractivity contribution in [2.24, 2.45) is 0 Å². The van der Waals surface area contributed by atoms with Gasteiger partial charge in [0, 0.05) is 59.4 Å². The van der Waals surface area contributed by atoms with E-state index in [1.807, 2.05) is 17.4 Å². The lowest BCUT2D eigenvalue weighted by atomic mass is 10.0. The first-order valence-electron chi connectivity index (χ1n) is 17.5. The lowest BCUT2D eigenvalue weighted by Crippen LogP contribution is -2.13. The molecule has 10 rings (SSSR count). The minimum Gasteiger partial charge on any atom is -0.454 e. The van der Waals surface area contributed by atoms with Gasteiger partial charge in [-0.3, -0.25) is 0 Å². The van der Waals surface area contributed by atoms with Crippen LogP contribution in [0.4, 0.5) is 34.1 Å². The predicted molar refractivity (Wildman–Crippen MR) is 221 cm³/mol. The molecule has 0 bridgehead atoms. The van der Waals surface area contributed by atoms with Crippen molar-refractivity contribution in [3.05, 3.63) is 194 Å². The van der Waals surface area contributed by atoms with E-state index in [0.29, 0.717) is 0 Å². The molecule has 3 nitrogen and oxygen atoms in total. The summed E-state index contributed by atoms with van der Waals surface area (Å²) in [7, 11) is 0. The first-order valence-corrected chi connectivity index (χ1v) is 18.3. The summed E-state index contributed by atoms with van der Waals surface area (Å²) in [5.74, 6) is 0. The van der Waals surface area contributed by atoms with Crippen LogP contribution < -0.4 is 9.80 Å². The van der Waals surface area contributed by atoms with Gasteiger partial charge in [0.05, 0.1) is 5.69 Å². The van der Waals surface area contributed by atoms with Crippen molar-refractivity contribution >= 4 is 87.6 Å². The van der Waals surface area contributed by atoms with Gasteiger partial charge in [-0.2, -0.15) is 0 Å². The number of hydrogen-bond acceptors (Lipinski definition) is 4. The molecular formula is C48H32N2OS. The van der Waals surface area contributed by atoms with E-state index in [1.165, 1.54) is 31.3 Å². The molecule has 0 radical (unpaired) electrons. The molecule has 0 saturated heterocycles. The average molecular weight is 685 g/mol. The van der Waals surface area contributed by atoms with Crippen molar-refractivity contribution in [2.75, 3.05) is 9.80 Å². The van der Waals surface area contributed by atoms with Crippen molar-refractivity contribution < 1.29 is 4.42 Å². The summed E-state index contributed by atoms with van der Waals surface area (Å²) < 4.78 is 9.38. The molecule has 0 saturated carbocycles. The number of furan rings is 1. The van der Waals surface area contributed by atoms with Gasteiger partial charge in [-0.05, 0) is 90.0 Å². The van der Waals surface area contributed by atoms with Gasteiger partial charge in [0.1, 0.15) is 5.58 Å². The molecule has 52 heavy (non-hydrogen) atoms. The highest BCUT2D eigenvalue weighted by molar-refractivity contribution is 7.25. The van der Waals surface area contributed by atoms with Crippen molar-refractivity contribution in [3.8, 4) is 11.1 Å². The molecular weight excluding hydrogens is 653 g/mol. The highest BCUT2D eigenvalue weighted by atomic mass is 32.1. The quantitative estimate of drug-likeness (QED) is 0.167. The Kier molecular flexibility index (Phi) is 7.33. The van der Waals surface area contributed by atoms with Gasteiger partial charge in [-0.1, -0.05) is 115 Å². The zero-order chi connectivity index (χ0) is 34.4. The number of anilines is 6. The van der Waals surface area contributed by atoms with E-state index in [9.17, 15) is 0 Å². The average Bonchev–Trinajstić information content (AvgIpc) is 3.78. The highest BCUT2D eigenvalue weighted by Crippen LogP contribution is 2.47. The van der Waals surface area contributed by atoms with E-state index in [0.717, 1.165) is 56.1 Å².